The third kappa shape index (κ3) is 5.24. The summed E-state index contributed by atoms with van der Waals surface area (Å²) < 4.78 is 5.13. The lowest BCUT2D eigenvalue weighted by atomic mass is 10.2. The van der Waals surface area contributed by atoms with Crippen molar-refractivity contribution in [1.82, 2.24) is 0 Å². The van der Waals surface area contributed by atoms with Gasteiger partial charge in [0.15, 0.2) is 0 Å². The van der Waals surface area contributed by atoms with Crippen molar-refractivity contribution >= 4 is 23.2 Å². The molecule has 0 fully saturated rings. The van der Waals surface area contributed by atoms with Gasteiger partial charge in [-0.05, 0) is 36.4 Å². The number of para-hydroxylation sites is 1. The van der Waals surface area contributed by atoms with E-state index < -0.39 is 5.91 Å². The molecule has 0 spiro atoms. The molecule has 7 heteroatoms. The van der Waals surface area contributed by atoms with Crippen LogP contribution in [-0.4, -0.2) is 32.0 Å². The van der Waals surface area contributed by atoms with Gasteiger partial charge in [-0.15, -0.1) is 0 Å². The second-order valence-electron chi connectivity index (χ2n) is 5.54. The van der Waals surface area contributed by atoms with Crippen LogP contribution in [-0.2, 0) is 9.59 Å². The Morgan fingerprint density at radius 2 is 1.88 bits per heavy atom. The number of nitriles is 1. The van der Waals surface area contributed by atoms with Crippen LogP contribution in [0, 0.1) is 11.3 Å². The van der Waals surface area contributed by atoms with E-state index in [2.05, 4.69) is 5.32 Å². The second-order valence-corrected chi connectivity index (χ2v) is 5.54. The van der Waals surface area contributed by atoms with Gasteiger partial charge in [0.1, 0.15) is 11.8 Å². The van der Waals surface area contributed by atoms with Crippen LogP contribution in [0.2, 0.25) is 0 Å². The third-order valence-corrected chi connectivity index (χ3v) is 3.72. The lowest BCUT2D eigenvalue weighted by Crippen LogP contribution is -2.35. The average molecular weight is 352 g/mol. The van der Waals surface area contributed by atoms with E-state index in [1.165, 1.54) is 0 Å². The lowest BCUT2D eigenvalue weighted by Gasteiger charge is -2.24. The van der Waals surface area contributed by atoms with Gasteiger partial charge in [0.25, 0.3) is 0 Å². The molecule has 0 saturated heterocycles. The topological polar surface area (TPSA) is 108 Å². The molecule has 0 atom stereocenters. The van der Waals surface area contributed by atoms with Crippen LogP contribution in [0.25, 0.3) is 0 Å². The summed E-state index contributed by atoms with van der Waals surface area (Å²) in [7, 11) is 1.57. The maximum atomic E-state index is 12.4. The van der Waals surface area contributed by atoms with E-state index in [0.717, 1.165) is 5.69 Å². The first kappa shape index (κ1) is 18.8. The standard InChI is InChI=1S/C19H20N4O3/c1-26-16-8-6-15(7-9-16)23(11-10-18(21)24)13-19(25)22-17-5-3-2-4-14(17)12-20/h2-9H,10-11,13H2,1H3,(H2,21,24)(H,22,25). The minimum absolute atomic E-state index is 0.0133. The van der Waals surface area contributed by atoms with Crippen molar-refractivity contribution in [3.63, 3.8) is 0 Å². The Morgan fingerprint density at radius 3 is 2.50 bits per heavy atom. The van der Waals surface area contributed by atoms with Crippen molar-refractivity contribution in [2.24, 2.45) is 5.73 Å². The van der Waals surface area contributed by atoms with Crippen molar-refractivity contribution in [1.29, 1.82) is 5.26 Å². The Bertz CT molecular complexity index is 812. The number of carbonyl (C=O) groups is 2. The summed E-state index contributed by atoms with van der Waals surface area (Å²) in [5.41, 5.74) is 6.83. The number of methoxy groups -OCH3 is 1. The normalized spacial score (nSPS) is 9.85. The summed E-state index contributed by atoms with van der Waals surface area (Å²) in [4.78, 5) is 25.3. The number of primary amides is 1. The minimum atomic E-state index is -0.446. The number of carbonyl (C=O) groups excluding carboxylic acids is 2. The van der Waals surface area contributed by atoms with Gasteiger partial charge < -0.3 is 20.7 Å². The Morgan fingerprint density at radius 1 is 1.19 bits per heavy atom. The highest BCUT2D eigenvalue weighted by Gasteiger charge is 2.14. The maximum Gasteiger partial charge on any atom is 0.243 e. The van der Waals surface area contributed by atoms with Gasteiger partial charge in [0.05, 0.1) is 24.9 Å². The van der Waals surface area contributed by atoms with E-state index in [4.69, 9.17) is 15.7 Å². The summed E-state index contributed by atoms with van der Waals surface area (Å²) >= 11 is 0. The van der Waals surface area contributed by atoms with Crippen molar-refractivity contribution in [2.45, 2.75) is 6.42 Å². The Balaban J connectivity index is 2.13. The molecule has 0 aromatic heterocycles. The average Bonchev–Trinajstić information content (AvgIpc) is 2.65. The molecule has 0 radical (unpaired) electrons. The molecule has 134 valence electrons. The van der Waals surface area contributed by atoms with Crippen molar-refractivity contribution in [3.8, 4) is 11.8 Å². The fourth-order valence-electron chi connectivity index (χ4n) is 2.39. The van der Waals surface area contributed by atoms with E-state index in [1.807, 2.05) is 6.07 Å². The van der Waals surface area contributed by atoms with Crippen LogP contribution in [0.15, 0.2) is 48.5 Å². The van der Waals surface area contributed by atoms with Gasteiger partial charge in [-0.2, -0.15) is 5.26 Å². The van der Waals surface area contributed by atoms with Crippen LogP contribution >= 0.6 is 0 Å². The van der Waals surface area contributed by atoms with Gasteiger partial charge in [-0.25, -0.2) is 0 Å². The number of nitrogens with two attached hydrogens (primary N) is 1. The van der Waals surface area contributed by atoms with Gasteiger partial charge in [-0.1, -0.05) is 12.1 Å². The fourth-order valence-corrected chi connectivity index (χ4v) is 2.39. The largest absolute Gasteiger partial charge is 0.497 e. The second kappa shape index (κ2) is 9.08. The molecule has 0 heterocycles. The summed E-state index contributed by atoms with van der Waals surface area (Å²) in [5, 5.41) is 11.8. The number of nitrogens with one attached hydrogen (secondary N) is 1. The molecule has 0 aliphatic heterocycles. The monoisotopic (exact) mass is 352 g/mol. The molecule has 2 aromatic rings. The predicted octanol–water partition coefficient (Wildman–Crippen LogP) is 1.89. The molecule has 2 rings (SSSR count). The number of amides is 2. The maximum absolute atomic E-state index is 12.4. The van der Waals surface area contributed by atoms with Crippen LogP contribution in [0.5, 0.6) is 5.75 Å². The molecule has 2 amide bonds. The first-order valence-corrected chi connectivity index (χ1v) is 7.99. The van der Waals surface area contributed by atoms with Crippen molar-refractivity contribution < 1.29 is 14.3 Å². The highest BCUT2D eigenvalue weighted by molar-refractivity contribution is 5.95. The number of nitrogens with zero attached hydrogens (tertiary/aromatic N) is 2. The zero-order valence-corrected chi connectivity index (χ0v) is 14.4. The minimum Gasteiger partial charge on any atom is -0.497 e. The van der Waals surface area contributed by atoms with Crippen LogP contribution in [0.1, 0.15) is 12.0 Å². The van der Waals surface area contributed by atoms with Crippen molar-refractivity contribution in [2.75, 3.05) is 30.4 Å². The molecule has 26 heavy (non-hydrogen) atoms. The molecule has 7 nitrogen and oxygen atoms in total. The van der Waals surface area contributed by atoms with E-state index in [-0.39, 0.29) is 18.9 Å². The van der Waals surface area contributed by atoms with Crippen LogP contribution in [0.4, 0.5) is 11.4 Å². The first-order chi connectivity index (χ1) is 12.5. The van der Waals surface area contributed by atoms with E-state index in [9.17, 15) is 9.59 Å². The fraction of sp³-hybridized carbons (Fsp3) is 0.211. The molecule has 0 bridgehead atoms. The quantitative estimate of drug-likeness (QED) is 0.754. The number of hydrogen-bond acceptors (Lipinski definition) is 5. The Labute approximate surface area is 152 Å². The van der Waals surface area contributed by atoms with Crippen molar-refractivity contribution in [3.05, 3.63) is 54.1 Å². The van der Waals surface area contributed by atoms with Gasteiger partial charge in [0.2, 0.25) is 11.8 Å². The SMILES string of the molecule is COc1ccc(N(CCC(N)=O)CC(=O)Nc2ccccc2C#N)cc1. The summed E-state index contributed by atoms with van der Waals surface area (Å²) in [6, 6.07) is 15.9. The zero-order valence-electron chi connectivity index (χ0n) is 14.4. The third-order valence-electron chi connectivity index (χ3n) is 3.72. The Kier molecular flexibility index (Phi) is 6.57. The summed E-state index contributed by atoms with van der Waals surface area (Å²) in [5.74, 6) is -0.0530. The molecular weight excluding hydrogens is 332 g/mol. The molecule has 0 aliphatic carbocycles. The molecule has 0 unspecified atom stereocenters. The molecule has 2 aromatic carbocycles. The number of anilines is 2. The number of ether oxygens (including phenoxy) is 1. The highest BCUT2D eigenvalue weighted by Crippen LogP contribution is 2.20. The van der Waals surface area contributed by atoms with E-state index in [1.54, 1.807) is 60.5 Å². The number of benzene rings is 2. The summed E-state index contributed by atoms with van der Waals surface area (Å²) in [6.07, 6.45) is 0.119. The van der Waals surface area contributed by atoms with Crippen LogP contribution < -0.4 is 20.7 Å². The molecule has 0 aliphatic rings. The highest BCUT2D eigenvalue weighted by atomic mass is 16.5. The van der Waals surface area contributed by atoms with Gasteiger partial charge in [-0.3, -0.25) is 9.59 Å². The van der Waals surface area contributed by atoms with Crippen LogP contribution in [0.3, 0.4) is 0 Å². The molecular formula is C19H20N4O3. The first-order valence-electron chi connectivity index (χ1n) is 7.99. The van der Waals surface area contributed by atoms with Gasteiger partial charge in [0, 0.05) is 18.7 Å². The van der Waals surface area contributed by atoms with E-state index >= 15 is 0 Å². The van der Waals surface area contributed by atoms with Gasteiger partial charge >= 0.3 is 0 Å². The smallest absolute Gasteiger partial charge is 0.243 e. The zero-order chi connectivity index (χ0) is 18.9. The lowest BCUT2D eigenvalue weighted by molar-refractivity contribution is -0.118. The molecule has 0 saturated carbocycles. The Hall–Kier alpha value is -3.53. The van der Waals surface area contributed by atoms with E-state index in [0.29, 0.717) is 23.5 Å². The predicted molar refractivity (Wildman–Crippen MR) is 98.8 cm³/mol. The molecule has 3 N–H and O–H groups in total. The number of hydrogen-bond donors (Lipinski definition) is 2. The summed E-state index contributed by atoms with van der Waals surface area (Å²) in [6.45, 7) is 0.314. The number of rotatable bonds is 8.